The van der Waals surface area contributed by atoms with E-state index in [4.69, 9.17) is 4.74 Å². The number of allylic oxidation sites excluding steroid dienone is 2. The Balaban J connectivity index is 1.67. The third-order valence-electron chi connectivity index (χ3n) is 6.05. The second kappa shape index (κ2) is 4.75. The van der Waals surface area contributed by atoms with Crippen LogP contribution in [0.3, 0.4) is 0 Å². The molecule has 0 amide bonds. The molecule has 1 aliphatic heterocycles. The normalized spacial score (nSPS) is 30.9. The van der Waals surface area contributed by atoms with Gasteiger partial charge in [0.25, 0.3) is 0 Å². The van der Waals surface area contributed by atoms with E-state index < -0.39 is 0 Å². The number of benzene rings is 1. The van der Waals surface area contributed by atoms with Crippen LogP contribution < -0.4 is 4.74 Å². The SMILES string of the molecule is CC(C)=CCc1cccc2c1O[C@H]1C[C@]3(C(C)C)C[C@@H]3C1=C2. The van der Waals surface area contributed by atoms with Gasteiger partial charge in [-0.25, -0.2) is 0 Å². The lowest BCUT2D eigenvalue weighted by Crippen LogP contribution is -2.23. The van der Waals surface area contributed by atoms with Crippen LogP contribution in [-0.4, -0.2) is 6.10 Å². The van der Waals surface area contributed by atoms with Crippen molar-refractivity contribution >= 4 is 6.08 Å². The summed E-state index contributed by atoms with van der Waals surface area (Å²) in [6.07, 6.45) is 8.64. The lowest BCUT2D eigenvalue weighted by molar-refractivity contribution is 0.193. The van der Waals surface area contributed by atoms with E-state index in [0.717, 1.165) is 24.0 Å². The number of hydrogen-bond donors (Lipinski definition) is 0. The van der Waals surface area contributed by atoms with Crippen molar-refractivity contribution in [3.8, 4) is 5.75 Å². The summed E-state index contributed by atoms with van der Waals surface area (Å²) in [5.74, 6) is 2.68. The maximum absolute atomic E-state index is 6.50. The van der Waals surface area contributed by atoms with Crippen molar-refractivity contribution in [3.05, 3.63) is 46.5 Å². The van der Waals surface area contributed by atoms with Crippen LogP contribution in [0, 0.1) is 17.3 Å². The summed E-state index contributed by atoms with van der Waals surface area (Å²) >= 11 is 0. The third kappa shape index (κ3) is 1.98. The summed E-state index contributed by atoms with van der Waals surface area (Å²) in [5, 5.41) is 0. The first-order valence-corrected chi connectivity index (χ1v) is 8.64. The van der Waals surface area contributed by atoms with Gasteiger partial charge in [-0.2, -0.15) is 0 Å². The van der Waals surface area contributed by atoms with Crippen molar-refractivity contribution in [1.82, 2.24) is 0 Å². The Hall–Kier alpha value is -1.50. The molecule has 0 saturated heterocycles. The zero-order valence-electron chi connectivity index (χ0n) is 14.1. The molecule has 4 rings (SSSR count). The summed E-state index contributed by atoms with van der Waals surface area (Å²) < 4.78 is 6.50. The van der Waals surface area contributed by atoms with Gasteiger partial charge in [0.15, 0.2) is 0 Å². The molecule has 0 spiro atoms. The fourth-order valence-electron chi connectivity index (χ4n) is 4.52. The number of para-hydroxylation sites is 1. The molecular formula is C21H26O. The summed E-state index contributed by atoms with van der Waals surface area (Å²) in [7, 11) is 0. The lowest BCUT2D eigenvalue weighted by atomic mass is 9.89. The fourth-order valence-corrected chi connectivity index (χ4v) is 4.52. The summed E-state index contributed by atoms with van der Waals surface area (Å²) in [6.45, 7) is 9.08. The van der Waals surface area contributed by atoms with Crippen LogP contribution in [0.1, 0.15) is 51.7 Å². The van der Waals surface area contributed by atoms with Crippen molar-refractivity contribution in [1.29, 1.82) is 0 Å². The van der Waals surface area contributed by atoms with E-state index in [1.807, 2.05) is 0 Å². The molecule has 1 aromatic rings. The Bertz CT molecular complexity index is 675. The van der Waals surface area contributed by atoms with Gasteiger partial charge in [0, 0.05) is 5.56 Å². The van der Waals surface area contributed by atoms with Gasteiger partial charge < -0.3 is 4.74 Å². The van der Waals surface area contributed by atoms with Crippen molar-refractivity contribution < 1.29 is 4.74 Å². The predicted molar refractivity (Wildman–Crippen MR) is 92.0 cm³/mol. The molecule has 0 N–H and O–H groups in total. The topological polar surface area (TPSA) is 9.23 Å². The molecule has 1 heteroatoms. The Morgan fingerprint density at radius 2 is 2.14 bits per heavy atom. The highest BCUT2D eigenvalue weighted by atomic mass is 16.5. The van der Waals surface area contributed by atoms with Crippen molar-refractivity contribution in [3.63, 3.8) is 0 Å². The second-order valence-corrected chi connectivity index (χ2v) is 7.92. The van der Waals surface area contributed by atoms with Gasteiger partial charge in [-0.15, -0.1) is 0 Å². The predicted octanol–water partition coefficient (Wildman–Crippen LogP) is 5.41. The molecule has 2 saturated carbocycles. The molecule has 2 aliphatic carbocycles. The molecule has 0 bridgehead atoms. The van der Waals surface area contributed by atoms with Gasteiger partial charge in [0.05, 0.1) is 0 Å². The van der Waals surface area contributed by atoms with Gasteiger partial charge in [0.2, 0.25) is 0 Å². The molecule has 22 heavy (non-hydrogen) atoms. The molecule has 0 aromatic heterocycles. The van der Waals surface area contributed by atoms with Crippen LogP contribution >= 0.6 is 0 Å². The number of rotatable bonds is 3. The molecule has 1 aromatic carbocycles. The van der Waals surface area contributed by atoms with Crippen LogP contribution in [-0.2, 0) is 6.42 Å². The van der Waals surface area contributed by atoms with Crippen molar-refractivity contribution in [2.24, 2.45) is 17.3 Å². The van der Waals surface area contributed by atoms with Gasteiger partial charge in [0.1, 0.15) is 11.9 Å². The van der Waals surface area contributed by atoms with Crippen LogP contribution in [0.15, 0.2) is 35.4 Å². The Morgan fingerprint density at radius 3 is 2.86 bits per heavy atom. The van der Waals surface area contributed by atoms with Crippen molar-refractivity contribution in [2.75, 3.05) is 0 Å². The van der Waals surface area contributed by atoms with Crippen LogP contribution in [0.2, 0.25) is 0 Å². The smallest absolute Gasteiger partial charge is 0.130 e. The second-order valence-electron chi connectivity index (χ2n) is 7.92. The molecule has 3 atom stereocenters. The molecule has 0 radical (unpaired) electrons. The molecule has 2 fully saturated rings. The molecular weight excluding hydrogens is 268 g/mol. The highest BCUT2D eigenvalue weighted by molar-refractivity contribution is 5.68. The van der Waals surface area contributed by atoms with Gasteiger partial charge in [-0.05, 0) is 67.6 Å². The number of fused-ring (bicyclic) bond motifs is 4. The average Bonchev–Trinajstić information content (AvgIpc) is 3.12. The standard InChI is InChI=1S/C21H26O/c1-13(2)8-9-15-6-5-7-16-10-17-18-11-21(18,14(3)4)12-19(17)22-20(15)16/h5-8,10,14,18-19H,9,11-12H2,1-4H3/t18-,19+,21+/m1/s1. The van der Waals surface area contributed by atoms with E-state index in [0.29, 0.717) is 11.5 Å². The first-order chi connectivity index (χ1) is 10.5. The van der Waals surface area contributed by atoms with E-state index in [1.54, 1.807) is 5.57 Å². The van der Waals surface area contributed by atoms with Crippen LogP contribution in [0.25, 0.3) is 6.08 Å². The molecule has 0 unspecified atom stereocenters. The summed E-state index contributed by atoms with van der Waals surface area (Å²) in [6, 6.07) is 6.60. The first-order valence-electron chi connectivity index (χ1n) is 8.64. The largest absolute Gasteiger partial charge is 0.485 e. The Kier molecular flexibility index (Phi) is 3.04. The maximum atomic E-state index is 6.50. The van der Waals surface area contributed by atoms with E-state index in [9.17, 15) is 0 Å². The summed E-state index contributed by atoms with van der Waals surface area (Å²) in [5.41, 5.74) is 6.09. The number of ether oxygens (including phenoxy) is 1. The molecule has 116 valence electrons. The minimum atomic E-state index is 0.335. The van der Waals surface area contributed by atoms with E-state index in [2.05, 4.69) is 58.0 Å². The van der Waals surface area contributed by atoms with E-state index in [1.165, 1.54) is 29.5 Å². The monoisotopic (exact) mass is 294 g/mol. The zero-order chi connectivity index (χ0) is 15.5. The molecule has 1 heterocycles. The Morgan fingerprint density at radius 1 is 1.32 bits per heavy atom. The maximum Gasteiger partial charge on any atom is 0.130 e. The molecule has 1 nitrogen and oxygen atoms in total. The van der Waals surface area contributed by atoms with Crippen LogP contribution in [0.5, 0.6) is 5.75 Å². The third-order valence-corrected chi connectivity index (χ3v) is 6.05. The zero-order valence-corrected chi connectivity index (χ0v) is 14.1. The fraction of sp³-hybridized carbons (Fsp3) is 0.524. The van der Waals surface area contributed by atoms with Gasteiger partial charge >= 0.3 is 0 Å². The quantitative estimate of drug-likeness (QED) is 0.678. The first kappa shape index (κ1) is 14.1. The van der Waals surface area contributed by atoms with Crippen LogP contribution in [0.4, 0.5) is 0 Å². The minimum Gasteiger partial charge on any atom is -0.485 e. The van der Waals surface area contributed by atoms with Gasteiger partial charge in [-0.1, -0.05) is 43.7 Å². The minimum absolute atomic E-state index is 0.335. The van der Waals surface area contributed by atoms with E-state index in [-0.39, 0.29) is 0 Å². The summed E-state index contributed by atoms with van der Waals surface area (Å²) in [4.78, 5) is 0. The van der Waals surface area contributed by atoms with Crippen molar-refractivity contribution in [2.45, 2.75) is 53.1 Å². The highest BCUT2D eigenvalue weighted by Crippen LogP contribution is 2.70. The van der Waals surface area contributed by atoms with E-state index >= 15 is 0 Å². The molecule has 3 aliphatic rings. The lowest BCUT2D eigenvalue weighted by Gasteiger charge is -2.27. The van der Waals surface area contributed by atoms with Gasteiger partial charge in [-0.3, -0.25) is 0 Å². The average molecular weight is 294 g/mol. The highest BCUT2D eigenvalue weighted by Gasteiger charge is 2.65. The Labute approximate surface area is 134 Å². The number of hydrogen-bond acceptors (Lipinski definition) is 1.